The number of anilines is 1. The predicted octanol–water partition coefficient (Wildman–Crippen LogP) is 4.08. The highest BCUT2D eigenvalue weighted by molar-refractivity contribution is 9.10. The molecule has 0 aliphatic heterocycles. The van der Waals surface area contributed by atoms with Crippen LogP contribution in [0, 0.1) is 0 Å². The number of nitrogens with one attached hydrogen (secondary N) is 1. The number of benzene rings is 2. The lowest BCUT2D eigenvalue weighted by atomic mass is 10.2. The van der Waals surface area contributed by atoms with Gasteiger partial charge in [0.2, 0.25) is 17.6 Å². The molecule has 0 saturated carbocycles. The quantitative estimate of drug-likeness (QED) is 0.673. The molecular weight excluding hydrogens is 386 g/mol. The summed E-state index contributed by atoms with van der Waals surface area (Å²) in [6, 6.07) is 14.9. The van der Waals surface area contributed by atoms with Gasteiger partial charge in [-0.25, -0.2) is 0 Å². The second-order valence-electron chi connectivity index (χ2n) is 5.27. The monoisotopic (exact) mass is 401 g/mol. The van der Waals surface area contributed by atoms with Crippen LogP contribution in [0.5, 0.6) is 5.75 Å². The maximum Gasteiger partial charge on any atom is 0.227 e. The molecular formula is C18H16BrN3O3. The average molecular weight is 402 g/mol. The first-order chi connectivity index (χ1) is 12.2. The van der Waals surface area contributed by atoms with Crippen molar-refractivity contribution in [2.45, 2.75) is 12.8 Å². The summed E-state index contributed by atoms with van der Waals surface area (Å²) in [7, 11) is 1.59. The highest BCUT2D eigenvalue weighted by Crippen LogP contribution is 2.27. The Labute approximate surface area is 153 Å². The third-order valence-corrected chi connectivity index (χ3v) is 3.98. The van der Waals surface area contributed by atoms with Gasteiger partial charge in [0.1, 0.15) is 5.75 Å². The summed E-state index contributed by atoms with van der Waals surface area (Å²) in [5.74, 6) is 1.41. The van der Waals surface area contributed by atoms with Gasteiger partial charge in [0.05, 0.1) is 12.7 Å². The minimum absolute atomic E-state index is 0.116. The van der Waals surface area contributed by atoms with Gasteiger partial charge in [0.25, 0.3) is 0 Å². The Kier molecular flexibility index (Phi) is 5.45. The summed E-state index contributed by atoms with van der Waals surface area (Å²) in [5, 5.41) is 6.80. The first kappa shape index (κ1) is 17.2. The number of carbonyl (C=O) groups is 1. The zero-order valence-electron chi connectivity index (χ0n) is 13.5. The van der Waals surface area contributed by atoms with E-state index < -0.39 is 0 Å². The Balaban J connectivity index is 1.61. The lowest BCUT2D eigenvalue weighted by Crippen LogP contribution is -2.12. The number of hydrogen-bond donors (Lipinski definition) is 1. The number of aromatic nitrogens is 2. The van der Waals surface area contributed by atoms with Gasteiger partial charge in [-0.1, -0.05) is 39.3 Å². The van der Waals surface area contributed by atoms with Gasteiger partial charge in [-0.05, 0) is 30.3 Å². The molecule has 0 radical (unpaired) electrons. The zero-order chi connectivity index (χ0) is 17.6. The zero-order valence-corrected chi connectivity index (χ0v) is 15.1. The molecule has 1 amide bonds. The van der Waals surface area contributed by atoms with Gasteiger partial charge in [-0.3, -0.25) is 4.79 Å². The van der Waals surface area contributed by atoms with Gasteiger partial charge in [-0.2, -0.15) is 4.98 Å². The third-order valence-electron chi connectivity index (χ3n) is 3.49. The van der Waals surface area contributed by atoms with Gasteiger partial charge >= 0.3 is 0 Å². The Bertz CT molecular complexity index is 879. The Morgan fingerprint density at radius 3 is 2.88 bits per heavy atom. The first-order valence-corrected chi connectivity index (χ1v) is 8.46. The smallest absolute Gasteiger partial charge is 0.227 e. The first-order valence-electron chi connectivity index (χ1n) is 7.67. The second-order valence-corrected chi connectivity index (χ2v) is 6.19. The van der Waals surface area contributed by atoms with Crippen LogP contribution in [0.3, 0.4) is 0 Å². The number of para-hydroxylation sites is 1. The molecule has 0 aliphatic carbocycles. The average Bonchev–Trinajstić information content (AvgIpc) is 3.09. The van der Waals surface area contributed by atoms with Crippen LogP contribution >= 0.6 is 15.9 Å². The van der Waals surface area contributed by atoms with Crippen LogP contribution in [-0.4, -0.2) is 23.2 Å². The van der Waals surface area contributed by atoms with E-state index in [1.165, 1.54) is 0 Å². The molecule has 1 aromatic heterocycles. The molecule has 3 aromatic rings. The Hall–Kier alpha value is -2.67. The number of halogens is 1. The van der Waals surface area contributed by atoms with Crippen molar-refractivity contribution in [2.24, 2.45) is 0 Å². The van der Waals surface area contributed by atoms with Crippen LogP contribution in [0.15, 0.2) is 57.5 Å². The summed E-state index contributed by atoms with van der Waals surface area (Å²) >= 11 is 3.37. The molecule has 0 unspecified atom stereocenters. The number of ether oxygens (including phenoxy) is 1. The number of nitrogens with zero attached hydrogens (tertiary/aromatic N) is 2. The highest BCUT2D eigenvalue weighted by Gasteiger charge is 2.14. The van der Waals surface area contributed by atoms with Crippen molar-refractivity contribution in [3.8, 4) is 17.1 Å². The fraction of sp³-hybridized carbons (Fsp3) is 0.167. The summed E-state index contributed by atoms with van der Waals surface area (Å²) in [5.41, 5.74) is 1.48. The largest absolute Gasteiger partial charge is 0.496 e. The fourth-order valence-corrected chi connectivity index (χ4v) is 2.70. The molecule has 128 valence electrons. The number of hydrogen-bond acceptors (Lipinski definition) is 5. The van der Waals surface area contributed by atoms with E-state index in [0.29, 0.717) is 23.9 Å². The number of methoxy groups -OCH3 is 1. The lowest BCUT2D eigenvalue weighted by molar-refractivity contribution is -0.116. The van der Waals surface area contributed by atoms with Crippen LogP contribution in [0.4, 0.5) is 5.69 Å². The molecule has 1 heterocycles. The third kappa shape index (κ3) is 4.45. The highest BCUT2D eigenvalue weighted by atomic mass is 79.9. The van der Waals surface area contributed by atoms with Gasteiger partial charge < -0.3 is 14.6 Å². The van der Waals surface area contributed by atoms with Crippen molar-refractivity contribution in [1.29, 1.82) is 0 Å². The van der Waals surface area contributed by atoms with Crippen LogP contribution in [0.2, 0.25) is 0 Å². The van der Waals surface area contributed by atoms with E-state index in [0.717, 1.165) is 15.7 Å². The number of rotatable bonds is 6. The molecule has 3 rings (SSSR count). The van der Waals surface area contributed by atoms with Gasteiger partial charge in [-0.15, -0.1) is 0 Å². The fourth-order valence-electron chi connectivity index (χ4n) is 2.31. The predicted molar refractivity (Wildman–Crippen MR) is 97.4 cm³/mol. The van der Waals surface area contributed by atoms with Crippen molar-refractivity contribution in [2.75, 3.05) is 12.4 Å². The number of aryl methyl sites for hydroxylation is 1. The van der Waals surface area contributed by atoms with Gasteiger partial charge in [0.15, 0.2) is 0 Å². The summed E-state index contributed by atoms with van der Waals surface area (Å²) < 4.78 is 11.4. The minimum Gasteiger partial charge on any atom is -0.496 e. The minimum atomic E-state index is -0.116. The molecule has 0 spiro atoms. The number of carbonyl (C=O) groups excluding carboxylic acids is 1. The maximum atomic E-state index is 12.0. The van der Waals surface area contributed by atoms with Crippen molar-refractivity contribution >= 4 is 27.5 Å². The van der Waals surface area contributed by atoms with Crippen molar-refractivity contribution in [3.05, 3.63) is 58.9 Å². The molecule has 2 aromatic carbocycles. The van der Waals surface area contributed by atoms with E-state index in [9.17, 15) is 4.79 Å². The van der Waals surface area contributed by atoms with E-state index in [1.54, 1.807) is 7.11 Å². The molecule has 0 fully saturated rings. The van der Waals surface area contributed by atoms with Crippen LogP contribution < -0.4 is 10.1 Å². The van der Waals surface area contributed by atoms with E-state index in [1.807, 2.05) is 48.5 Å². The van der Waals surface area contributed by atoms with E-state index >= 15 is 0 Å². The van der Waals surface area contributed by atoms with Crippen molar-refractivity contribution < 1.29 is 14.1 Å². The second kappa shape index (κ2) is 7.94. The standard InChI is InChI=1S/C18H16BrN3O3/c1-24-15-8-3-2-7-14(15)18-21-17(25-22-18)10-9-16(23)20-13-6-4-5-12(19)11-13/h2-8,11H,9-10H2,1H3,(H,20,23). The maximum absolute atomic E-state index is 12.0. The molecule has 6 nitrogen and oxygen atoms in total. The van der Waals surface area contributed by atoms with E-state index in [4.69, 9.17) is 9.26 Å². The Morgan fingerprint density at radius 2 is 2.08 bits per heavy atom. The van der Waals surface area contributed by atoms with Gasteiger partial charge in [0, 0.05) is 23.0 Å². The van der Waals surface area contributed by atoms with Crippen LogP contribution in [-0.2, 0) is 11.2 Å². The molecule has 7 heteroatoms. The molecule has 1 N–H and O–H groups in total. The molecule has 0 bridgehead atoms. The van der Waals surface area contributed by atoms with Crippen molar-refractivity contribution in [3.63, 3.8) is 0 Å². The molecule has 25 heavy (non-hydrogen) atoms. The molecule has 0 aliphatic rings. The Morgan fingerprint density at radius 1 is 1.24 bits per heavy atom. The number of amides is 1. The summed E-state index contributed by atoms with van der Waals surface area (Å²) in [6.45, 7) is 0. The topological polar surface area (TPSA) is 77.2 Å². The lowest BCUT2D eigenvalue weighted by Gasteiger charge is -2.04. The SMILES string of the molecule is COc1ccccc1-c1noc(CCC(=O)Nc2cccc(Br)c2)n1. The van der Waals surface area contributed by atoms with Crippen LogP contribution in [0.25, 0.3) is 11.4 Å². The van der Waals surface area contributed by atoms with E-state index in [-0.39, 0.29) is 12.3 Å². The summed E-state index contributed by atoms with van der Waals surface area (Å²) in [6.07, 6.45) is 0.613. The van der Waals surface area contributed by atoms with Crippen molar-refractivity contribution in [1.82, 2.24) is 10.1 Å². The van der Waals surface area contributed by atoms with E-state index in [2.05, 4.69) is 31.4 Å². The molecule has 0 saturated heterocycles. The summed E-state index contributed by atoms with van der Waals surface area (Å²) in [4.78, 5) is 16.4. The molecule has 0 atom stereocenters. The van der Waals surface area contributed by atoms with Crippen LogP contribution in [0.1, 0.15) is 12.3 Å². The normalized spacial score (nSPS) is 10.5.